The number of H-pyrrole nitrogens is 1. The van der Waals surface area contributed by atoms with Gasteiger partial charge in [0.1, 0.15) is 22.7 Å². The van der Waals surface area contributed by atoms with Gasteiger partial charge in [-0.15, -0.1) is 0 Å². The summed E-state index contributed by atoms with van der Waals surface area (Å²) >= 11 is 0. The lowest BCUT2D eigenvalue weighted by Crippen LogP contribution is -2.43. The van der Waals surface area contributed by atoms with Crippen molar-refractivity contribution in [2.24, 2.45) is 7.05 Å². The van der Waals surface area contributed by atoms with Crippen LogP contribution in [0.5, 0.6) is 0 Å². The second kappa shape index (κ2) is 6.37. The van der Waals surface area contributed by atoms with Gasteiger partial charge in [0.2, 0.25) is 0 Å². The van der Waals surface area contributed by atoms with Gasteiger partial charge in [-0.1, -0.05) is 18.9 Å². The number of hydrogen-bond acceptors (Lipinski definition) is 4. The summed E-state index contributed by atoms with van der Waals surface area (Å²) < 4.78 is 16.1. The highest BCUT2D eigenvalue weighted by atomic mass is 19.1. The van der Waals surface area contributed by atoms with Crippen LogP contribution in [0, 0.1) is 5.82 Å². The van der Waals surface area contributed by atoms with Gasteiger partial charge in [-0.2, -0.15) is 5.10 Å². The summed E-state index contributed by atoms with van der Waals surface area (Å²) in [6, 6.07) is 4.85. The van der Waals surface area contributed by atoms with Crippen LogP contribution in [0.4, 0.5) is 4.39 Å². The molecule has 0 spiro atoms. The molecule has 148 valence electrons. The third kappa shape index (κ3) is 2.86. The van der Waals surface area contributed by atoms with E-state index in [0.29, 0.717) is 39.0 Å². The standard InChI is InChI=1S/C21H21FN6O/c1-21(8-3-4-9-21)26-20(29)12-10-23-19-17(12)25-14(11-24-19)18-16-13(22)6-5-7-15(16)28(2)27-18/h5-7,10-11H,3-4,8-9H2,1-2H3,(H,23,24)(H,26,29). The number of benzene rings is 1. The van der Waals surface area contributed by atoms with E-state index in [1.54, 1.807) is 36.3 Å². The molecule has 1 aromatic carbocycles. The first-order valence-corrected chi connectivity index (χ1v) is 9.73. The first-order valence-electron chi connectivity index (χ1n) is 9.73. The van der Waals surface area contributed by atoms with Crippen LogP contribution in [0.3, 0.4) is 0 Å². The molecule has 5 rings (SSSR count). The van der Waals surface area contributed by atoms with Crippen LogP contribution in [0.15, 0.2) is 30.6 Å². The molecule has 0 bridgehead atoms. The van der Waals surface area contributed by atoms with E-state index < -0.39 is 0 Å². The average Bonchev–Trinajstić information content (AvgIpc) is 3.39. The van der Waals surface area contributed by atoms with Gasteiger partial charge in [-0.05, 0) is 31.9 Å². The Bertz CT molecular complexity index is 1250. The topological polar surface area (TPSA) is 88.5 Å². The molecule has 3 heterocycles. The molecule has 4 aromatic rings. The number of nitrogens with zero attached hydrogens (tertiary/aromatic N) is 4. The number of rotatable bonds is 3. The second-order valence-corrected chi connectivity index (χ2v) is 7.98. The predicted molar refractivity (Wildman–Crippen MR) is 108 cm³/mol. The van der Waals surface area contributed by atoms with Crippen molar-refractivity contribution >= 4 is 28.0 Å². The lowest BCUT2D eigenvalue weighted by atomic mass is 10.0. The van der Waals surface area contributed by atoms with E-state index in [4.69, 9.17) is 0 Å². The molecule has 1 amide bonds. The van der Waals surface area contributed by atoms with E-state index in [0.717, 1.165) is 25.7 Å². The maximum atomic E-state index is 14.5. The van der Waals surface area contributed by atoms with Crippen LogP contribution < -0.4 is 5.32 Å². The van der Waals surface area contributed by atoms with Gasteiger partial charge in [0, 0.05) is 18.8 Å². The Morgan fingerprint density at radius 2 is 2.10 bits per heavy atom. The van der Waals surface area contributed by atoms with Crippen LogP contribution in [0.25, 0.3) is 33.5 Å². The molecule has 1 saturated carbocycles. The fourth-order valence-corrected chi connectivity index (χ4v) is 4.25. The van der Waals surface area contributed by atoms with Gasteiger partial charge in [-0.3, -0.25) is 9.48 Å². The maximum Gasteiger partial charge on any atom is 0.255 e. The number of halogens is 1. The smallest absolute Gasteiger partial charge is 0.255 e. The molecule has 8 heteroatoms. The molecule has 7 nitrogen and oxygen atoms in total. The minimum absolute atomic E-state index is 0.177. The van der Waals surface area contributed by atoms with Crippen LogP contribution in [0.1, 0.15) is 43.0 Å². The number of aromatic nitrogens is 5. The minimum atomic E-state index is -0.367. The fourth-order valence-electron chi connectivity index (χ4n) is 4.25. The molecule has 0 radical (unpaired) electrons. The quantitative estimate of drug-likeness (QED) is 0.556. The van der Waals surface area contributed by atoms with Crippen molar-refractivity contribution in [1.29, 1.82) is 0 Å². The Balaban J connectivity index is 1.60. The number of fused-ring (bicyclic) bond motifs is 2. The van der Waals surface area contributed by atoms with Crippen LogP contribution in [-0.2, 0) is 7.05 Å². The third-order valence-electron chi connectivity index (χ3n) is 5.82. The molecule has 3 aromatic heterocycles. The molecule has 0 atom stereocenters. The van der Waals surface area contributed by atoms with E-state index in [9.17, 15) is 9.18 Å². The Kier molecular flexibility index (Phi) is 3.90. The Hall–Kier alpha value is -3.29. The van der Waals surface area contributed by atoms with Gasteiger partial charge < -0.3 is 10.3 Å². The molecule has 1 fully saturated rings. The predicted octanol–water partition coefficient (Wildman–Crippen LogP) is 3.71. The van der Waals surface area contributed by atoms with E-state index in [-0.39, 0.29) is 17.3 Å². The van der Waals surface area contributed by atoms with Gasteiger partial charge in [0.25, 0.3) is 5.91 Å². The van der Waals surface area contributed by atoms with Gasteiger partial charge in [0.15, 0.2) is 5.65 Å². The van der Waals surface area contributed by atoms with Crippen molar-refractivity contribution in [1.82, 2.24) is 30.0 Å². The monoisotopic (exact) mass is 392 g/mol. The number of aryl methyl sites for hydroxylation is 1. The summed E-state index contributed by atoms with van der Waals surface area (Å²) in [7, 11) is 1.76. The highest BCUT2D eigenvalue weighted by Crippen LogP contribution is 2.31. The first kappa shape index (κ1) is 17.8. The van der Waals surface area contributed by atoms with Crippen molar-refractivity contribution in [3.63, 3.8) is 0 Å². The highest BCUT2D eigenvalue weighted by molar-refractivity contribution is 6.05. The molecular formula is C21H21FN6O. The lowest BCUT2D eigenvalue weighted by Gasteiger charge is -2.24. The zero-order chi connectivity index (χ0) is 20.2. The summed E-state index contributed by atoms with van der Waals surface area (Å²) in [5, 5.41) is 7.98. The van der Waals surface area contributed by atoms with Crippen LogP contribution in [-0.4, -0.2) is 36.2 Å². The van der Waals surface area contributed by atoms with Gasteiger partial charge in [-0.25, -0.2) is 14.4 Å². The molecule has 0 unspecified atom stereocenters. The number of carbonyl (C=O) groups is 1. The van der Waals surface area contributed by atoms with Gasteiger partial charge in [0.05, 0.1) is 22.7 Å². The summed E-state index contributed by atoms with van der Waals surface area (Å²) in [5.41, 5.74) is 2.71. The summed E-state index contributed by atoms with van der Waals surface area (Å²) in [5.74, 6) is -0.544. The zero-order valence-corrected chi connectivity index (χ0v) is 16.3. The fraction of sp³-hybridized carbons (Fsp3) is 0.333. The van der Waals surface area contributed by atoms with E-state index in [1.807, 2.05) is 0 Å². The highest BCUT2D eigenvalue weighted by Gasteiger charge is 2.31. The van der Waals surface area contributed by atoms with E-state index in [2.05, 4.69) is 32.3 Å². The molecular weight excluding hydrogens is 371 g/mol. The summed E-state index contributed by atoms with van der Waals surface area (Å²) in [6.45, 7) is 2.08. The molecule has 1 aliphatic carbocycles. The Morgan fingerprint density at radius 1 is 1.31 bits per heavy atom. The minimum Gasteiger partial charge on any atom is -0.347 e. The summed E-state index contributed by atoms with van der Waals surface area (Å²) in [6.07, 6.45) is 7.35. The lowest BCUT2D eigenvalue weighted by molar-refractivity contribution is 0.0909. The average molecular weight is 392 g/mol. The van der Waals surface area contributed by atoms with Crippen LogP contribution >= 0.6 is 0 Å². The molecule has 1 aliphatic rings. The first-order chi connectivity index (χ1) is 14.0. The van der Waals surface area contributed by atoms with Gasteiger partial charge >= 0.3 is 0 Å². The van der Waals surface area contributed by atoms with Crippen molar-refractivity contribution in [3.05, 3.63) is 42.0 Å². The second-order valence-electron chi connectivity index (χ2n) is 7.98. The van der Waals surface area contributed by atoms with Crippen molar-refractivity contribution in [2.45, 2.75) is 38.1 Å². The van der Waals surface area contributed by atoms with E-state index in [1.165, 1.54) is 6.07 Å². The number of hydrogen-bond donors (Lipinski definition) is 2. The number of carbonyl (C=O) groups excluding carboxylic acids is 1. The Labute approximate surface area is 166 Å². The summed E-state index contributed by atoms with van der Waals surface area (Å²) in [4.78, 5) is 24.9. The number of aromatic amines is 1. The Morgan fingerprint density at radius 3 is 2.90 bits per heavy atom. The third-order valence-corrected chi connectivity index (χ3v) is 5.82. The SMILES string of the molecule is Cn1nc(-c2cnc3[nH]cc(C(=O)NC4(C)CCCC4)c3n2)c2c(F)cccc21. The molecule has 0 saturated heterocycles. The van der Waals surface area contributed by atoms with E-state index >= 15 is 0 Å². The van der Waals surface area contributed by atoms with Crippen molar-refractivity contribution in [2.75, 3.05) is 0 Å². The van der Waals surface area contributed by atoms with Crippen molar-refractivity contribution < 1.29 is 9.18 Å². The number of amides is 1. The molecule has 29 heavy (non-hydrogen) atoms. The zero-order valence-electron chi connectivity index (χ0n) is 16.3. The maximum absolute atomic E-state index is 14.5. The largest absolute Gasteiger partial charge is 0.347 e. The normalized spacial score (nSPS) is 16.0. The number of nitrogens with one attached hydrogen (secondary N) is 2. The molecule has 0 aliphatic heterocycles. The molecule has 2 N–H and O–H groups in total. The van der Waals surface area contributed by atoms with Crippen molar-refractivity contribution in [3.8, 4) is 11.4 Å². The van der Waals surface area contributed by atoms with Crippen LogP contribution in [0.2, 0.25) is 0 Å².